The smallest absolute Gasteiger partial charge is 0.266 e. The van der Waals surface area contributed by atoms with E-state index in [2.05, 4.69) is 15.0 Å². The number of aromatic nitrogens is 3. The van der Waals surface area contributed by atoms with E-state index in [1.807, 2.05) is 19.1 Å². The quantitative estimate of drug-likeness (QED) is 0.728. The Hall–Kier alpha value is -1.97. The molecule has 0 aliphatic rings. The van der Waals surface area contributed by atoms with Crippen LogP contribution in [-0.2, 0) is 0 Å². The van der Waals surface area contributed by atoms with E-state index in [1.165, 1.54) is 6.20 Å². The van der Waals surface area contributed by atoms with Crippen molar-refractivity contribution in [1.82, 2.24) is 15.0 Å². The molecule has 0 saturated carbocycles. The van der Waals surface area contributed by atoms with Gasteiger partial charge < -0.3 is 4.98 Å². The number of rotatable bonds is 1. The topological polar surface area (TPSA) is 58.6 Å². The molecule has 4 nitrogen and oxygen atoms in total. The molecule has 0 saturated heterocycles. The van der Waals surface area contributed by atoms with Gasteiger partial charge in [-0.2, -0.15) is 0 Å². The number of hydrogen-bond donors (Lipinski definition) is 1. The Balaban J connectivity index is 2.50. The van der Waals surface area contributed by atoms with Crippen LogP contribution in [0.4, 0.5) is 0 Å². The normalized spacial score (nSPS) is 10.1. The Labute approximate surface area is 80.7 Å². The summed E-state index contributed by atoms with van der Waals surface area (Å²) in [6.45, 7) is 1.91. The molecule has 0 radical (unpaired) electrons. The van der Waals surface area contributed by atoms with E-state index in [4.69, 9.17) is 0 Å². The van der Waals surface area contributed by atoms with Crippen molar-refractivity contribution in [3.8, 4) is 11.3 Å². The summed E-state index contributed by atoms with van der Waals surface area (Å²) < 4.78 is 0. The molecule has 2 aromatic heterocycles. The molecule has 1 N–H and O–H groups in total. The Morgan fingerprint density at radius 3 is 2.71 bits per heavy atom. The lowest BCUT2D eigenvalue weighted by atomic mass is 10.2. The molecular weight excluding hydrogens is 178 g/mol. The number of nitrogens with zero attached hydrogens (tertiary/aromatic N) is 2. The van der Waals surface area contributed by atoms with Gasteiger partial charge in [0.15, 0.2) is 0 Å². The van der Waals surface area contributed by atoms with E-state index in [-0.39, 0.29) is 5.56 Å². The van der Waals surface area contributed by atoms with Crippen molar-refractivity contribution in [1.29, 1.82) is 0 Å². The highest BCUT2D eigenvalue weighted by Crippen LogP contribution is 2.12. The molecule has 0 aliphatic carbocycles. The maximum atomic E-state index is 11.0. The number of aryl methyl sites for hydroxylation is 1. The molecule has 70 valence electrons. The standard InChI is InChI=1S/C10H9N3O/c1-7-2-3-8(4-12-7)9-5-11-6-10(14)13-9/h2-6H,1H3,(H,13,14). The Bertz CT molecular complexity index is 487. The first-order chi connectivity index (χ1) is 6.75. The van der Waals surface area contributed by atoms with E-state index >= 15 is 0 Å². The van der Waals surface area contributed by atoms with Crippen LogP contribution in [0, 0.1) is 6.92 Å². The molecule has 0 amide bonds. The van der Waals surface area contributed by atoms with Crippen molar-refractivity contribution < 1.29 is 0 Å². The largest absolute Gasteiger partial charge is 0.319 e. The van der Waals surface area contributed by atoms with E-state index in [0.717, 1.165) is 11.3 Å². The maximum absolute atomic E-state index is 11.0. The summed E-state index contributed by atoms with van der Waals surface area (Å²) in [4.78, 5) is 21.6. The van der Waals surface area contributed by atoms with Crippen molar-refractivity contribution in [3.63, 3.8) is 0 Å². The van der Waals surface area contributed by atoms with Gasteiger partial charge in [-0.25, -0.2) is 0 Å². The van der Waals surface area contributed by atoms with Crippen LogP contribution >= 0.6 is 0 Å². The number of nitrogens with one attached hydrogen (secondary N) is 1. The van der Waals surface area contributed by atoms with Crippen LogP contribution in [0.15, 0.2) is 35.5 Å². The van der Waals surface area contributed by atoms with Crippen LogP contribution in [0.25, 0.3) is 11.3 Å². The molecule has 0 aromatic carbocycles. The third-order valence-corrected chi connectivity index (χ3v) is 1.88. The molecule has 0 aliphatic heterocycles. The van der Waals surface area contributed by atoms with E-state index in [1.54, 1.807) is 12.4 Å². The van der Waals surface area contributed by atoms with Gasteiger partial charge in [-0.05, 0) is 19.1 Å². The fourth-order valence-corrected chi connectivity index (χ4v) is 1.15. The van der Waals surface area contributed by atoms with Crippen molar-refractivity contribution in [3.05, 3.63) is 46.8 Å². The third kappa shape index (κ3) is 1.69. The second-order valence-corrected chi connectivity index (χ2v) is 3.00. The summed E-state index contributed by atoms with van der Waals surface area (Å²) in [7, 11) is 0. The van der Waals surface area contributed by atoms with Crippen molar-refractivity contribution in [2.45, 2.75) is 6.92 Å². The Morgan fingerprint density at radius 2 is 2.07 bits per heavy atom. The minimum atomic E-state index is -0.205. The molecule has 2 rings (SSSR count). The van der Waals surface area contributed by atoms with Gasteiger partial charge in [0.05, 0.1) is 18.1 Å². The van der Waals surface area contributed by atoms with Gasteiger partial charge in [0.1, 0.15) is 0 Å². The first kappa shape index (κ1) is 8.62. The van der Waals surface area contributed by atoms with Gasteiger partial charge in [-0.1, -0.05) is 0 Å². The molecule has 2 heterocycles. The summed E-state index contributed by atoms with van der Waals surface area (Å²) in [5.74, 6) is 0. The van der Waals surface area contributed by atoms with Crippen LogP contribution in [0.3, 0.4) is 0 Å². The second-order valence-electron chi connectivity index (χ2n) is 3.00. The molecule has 4 heteroatoms. The van der Waals surface area contributed by atoms with Gasteiger partial charge in [0, 0.05) is 17.5 Å². The lowest BCUT2D eigenvalue weighted by Gasteiger charge is -1.99. The highest BCUT2D eigenvalue weighted by molar-refractivity contribution is 5.56. The van der Waals surface area contributed by atoms with Crippen LogP contribution < -0.4 is 5.56 Å². The summed E-state index contributed by atoms with van der Waals surface area (Å²) in [6, 6.07) is 3.79. The second kappa shape index (κ2) is 3.41. The molecule has 0 bridgehead atoms. The maximum Gasteiger partial charge on any atom is 0.266 e. The van der Waals surface area contributed by atoms with Gasteiger partial charge in [0.25, 0.3) is 5.56 Å². The van der Waals surface area contributed by atoms with Crippen molar-refractivity contribution in [2.75, 3.05) is 0 Å². The lowest BCUT2D eigenvalue weighted by Crippen LogP contribution is -2.05. The predicted molar refractivity (Wildman–Crippen MR) is 52.8 cm³/mol. The summed E-state index contributed by atoms with van der Waals surface area (Å²) in [5.41, 5.74) is 2.29. The average Bonchev–Trinajstić information content (AvgIpc) is 2.19. The van der Waals surface area contributed by atoms with E-state index in [0.29, 0.717) is 5.69 Å². The SMILES string of the molecule is Cc1ccc(-c2cncc(=O)[nH]2)cn1. The summed E-state index contributed by atoms with van der Waals surface area (Å²) >= 11 is 0. The molecule has 0 fully saturated rings. The van der Waals surface area contributed by atoms with Crippen LogP contribution in [0.1, 0.15) is 5.69 Å². The van der Waals surface area contributed by atoms with Gasteiger partial charge in [-0.15, -0.1) is 0 Å². The number of hydrogen-bond acceptors (Lipinski definition) is 3. The first-order valence-corrected chi connectivity index (χ1v) is 4.23. The molecular formula is C10H9N3O. The van der Waals surface area contributed by atoms with Gasteiger partial charge in [-0.3, -0.25) is 14.8 Å². The zero-order valence-electron chi connectivity index (χ0n) is 7.69. The fourth-order valence-electron chi connectivity index (χ4n) is 1.15. The fraction of sp³-hybridized carbons (Fsp3) is 0.100. The highest BCUT2D eigenvalue weighted by atomic mass is 16.1. The Morgan fingerprint density at radius 1 is 1.21 bits per heavy atom. The van der Waals surface area contributed by atoms with Gasteiger partial charge in [0.2, 0.25) is 0 Å². The Kier molecular flexibility index (Phi) is 2.10. The minimum absolute atomic E-state index is 0.205. The molecule has 14 heavy (non-hydrogen) atoms. The zero-order valence-corrected chi connectivity index (χ0v) is 7.69. The number of H-pyrrole nitrogens is 1. The van der Waals surface area contributed by atoms with Crippen molar-refractivity contribution in [2.24, 2.45) is 0 Å². The van der Waals surface area contributed by atoms with Crippen LogP contribution in [0.5, 0.6) is 0 Å². The monoisotopic (exact) mass is 187 g/mol. The lowest BCUT2D eigenvalue weighted by molar-refractivity contribution is 1.13. The van der Waals surface area contributed by atoms with E-state index in [9.17, 15) is 4.79 Å². The predicted octanol–water partition coefficient (Wildman–Crippen LogP) is 1.14. The molecule has 0 unspecified atom stereocenters. The number of aromatic amines is 1. The zero-order chi connectivity index (χ0) is 9.97. The average molecular weight is 187 g/mol. The first-order valence-electron chi connectivity index (χ1n) is 4.23. The van der Waals surface area contributed by atoms with Gasteiger partial charge >= 0.3 is 0 Å². The highest BCUT2D eigenvalue weighted by Gasteiger charge is 1.98. The minimum Gasteiger partial charge on any atom is -0.319 e. The van der Waals surface area contributed by atoms with Crippen LogP contribution in [-0.4, -0.2) is 15.0 Å². The van der Waals surface area contributed by atoms with Crippen LogP contribution in [0.2, 0.25) is 0 Å². The number of pyridine rings is 1. The molecule has 2 aromatic rings. The van der Waals surface area contributed by atoms with Crippen molar-refractivity contribution >= 4 is 0 Å². The molecule has 0 spiro atoms. The van der Waals surface area contributed by atoms with E-state index < -0.39 is 0 Å². The molecule has 0 atom stereocenters. The summed E-state index contributed by atoms with van der Waals surface area (Å²) in [5, 5.41) is 0. The third-order valence-electron chi connectivity index (χ3n) is 1.88. The summed E-state index contributed by atoms with van der Waals surface area (Å²) in [6.07, 6.45) is 4.56.